The number of phenolic OH excluding ortho intramolecular Hbond substituents is 1. The Hall–Kier alpha value is -3.15. The number of carbonyl (C=O) groups is 1. The molecule has 3 aromatic rings. The third kappa shape index (κ3) is 4.19. The molecule has 0 aliphatic heterocycles. The average molecular weight is 322 g/mol. The van der Waals surface area contributed by atoms with Crippen molar-refractivity contribution >= 4 is 5.91 Å². The number of nitrogens with zero attached hydrogens (tertiary/aromatic N) is 2. The molecule has 0 fully saturated rings. The summed E-state index contributed by atoms with van der Waals surface area (Å²) in [5.41, 5.74) is 1.81. The van der Waals surface area contributed by atoms with Crippen molar-refractivity contribution < 1.29 is 9.90 Å². The first kappa shape index (κ1) is 15.7. The van der Waals surface area contributed by atoms with Gasteiger partial charge in [0, 0.05) is 18.5 Å². The SMILES string of the molecule is O=C(Cc1ccc(O)cc1)NCCc1nc(-c2ccccc2)n[nH]1. The number of benzene rings is 2. The van der Waals surface area contributed by atoms with E-state index in [9.17, 15) is 9.90 Å². The van der Waals surface area contributed by atoms with Gasteiger partial charge in [0.15, 0.2) is 5.82 Å². The van der Waals surface area contributed by atoms with Gasteiger partial charge in [-0.25, -0.2) is 4.98 Å². The molecule has 122 valence electrons. The topological polar surface area (TPSA) is 90.9 Å². The fraction of sp³-hybridized carbons (Fsp3) is 0.167. The summed E-state index contributed by atoms with van der Waals surface area (Å²) >= 11 is 0. The molecule has 0 radical (unpaired) electrons. The van der Waals surface area contributed by atoms with Crippen molar-refractivity contribution in [1.29, 1.82) is 0 Å². The molecule has 1 aromatic heterocycles. The molecule has 24 heavy (non-hydrogen) atoms. The van der Waals surface area contributed by atoms with E-state index in [4.69, 9.17) is 0 Å². The van der Waals surface area contributed by atoms with Crippen LogP contribution in [-0.4, -0.2) is 32.7 Å². The fourth-order valence-corrected chi connectivity index (χ4v) is 2.31. The Morgan fingerprint density at radius 1 is 1.08 bits per heavy atom. The van der Waals surface area contributed by atoms with Crippen molar-refractivity contribution in [3.05, 3.63) is 66.0 Å². The monoisotopic (exact) mass is 322 g/mol. The maximum atomic E-state index is 11.9. The van der Waals surface area contributed by atoms with Crippen LogP contribution < -0.4 is 5.32 Å². The lowest BCUT2D eigenvalue weighted by Gasteiger charge is -2.04. The zero-order valence-corrected chi connectivity index (χ0v) is 13.1. The van der Waals surface area contributed by atoms with Crippen LogP contribution in [0.2, 0.25) is 0 Å². The van der Waals surface area contributed by atoms with E-state index in [1.54, 1.807) is 24.3 Å². The summed E-state index contributed by atoms with van der Waals surface area (Å²) in [4.78, 5) is 16.3. The molecule has 3 rings (SSSR count). The van der Waals surface area contributed by atoms with Crippen molar-refractivity contribution in [2.75, 3.05) is 6.54 Å². The quantitative estimate of drug-likeness (QED) is 0.648. The third-order valence-corrected chi connectivity index (χ3v) is 3.55. The van der Waals surface area contributed by atoms with Crippen LogP contribution in [0.1, 0.15) is 11.4 Å². The smallest absolute Gasteiger partial charge is 0.224 e. The Morgan fingerprint density at radius 2 is 1.83 bits per heavy atom. The highest BCUT2D eigenvalue weighted by atomic mass is 16.3. The van der Waals surface area contributed by atoms with E-state index in [-0.39, 0.29) is 18.1 Å². The van der Waals surface area contributed by atoms with E-state index >= 15 is 0 Å². The van der Waals surface area contributed by atoms with Crippen LogP contribution in [-0.2, 0) is 17.6 Å². The van der Waals surface area contributed by atoms with E-state index in [2.05, 4.69) is 20.5 Å². The summed E-state index contributed by atoms with van der Waals surface area (Å²) in [7, 11) is 0. The molecule has 0 atom stereocenters. The minimum Gasteiger partial charge on any atom is -0.508 e. The van der Waals surface area contributed by atoms with Gasteiger partial charge in [-0.05, 0) is 17.7 Å². The predicted octanol–water partition coefficient (Wildman–Crippen LogP) is 2.08. The van der Waals surface area contributed by atoms with Crippen molar-refractivity contribution in [2.24, 2.45) is 0 Å². The van der Waals surface area contributed by atoms with Gasteiger partial charge in [-0.1, -0.05) is 42.5 Å². The molecule has 1 amide bonds. The van der Waals surface area contributed by atoms with Crippen LogP contribution in [0.3, 0.4) is 0 Å². The molecule has 2 aromatic carbocycles. The van der Waals surface area contributed by atoms with Crippen LogP contribution in [0, 0.1) is 0 Å². The number of hydrogen-bond donors (Lipinski definition) is 3. The van der Waals surface area contributed by atoms with Crippen LogP contribution in [0.25, 0.3) is 11.4 Å². The second-order valence-corrected chi connectivity index (χ2v) is 5.41. The van der Waals surface area contributed by atoms with Crippen LogP contribution >= 0.6 is 0 Å². The zero-order chi connectivity index (χ0) is 16.8. The van der Waals surface area contributed by atoms with Gasteiger partial charge in [0.25, 0.3) is 0 Å². The van der Waals surface area contributed by atoms with Gasteiger partial charge in [0.1, 0.15) is 11.6 Å². The minimum absolute atomic E-state index is 0.0662. The van der Waals surface area contributed by atoms with E-state index in [1.807, 2.05) is 30.3 Å². The third-order valence-electron chi connectivity index (χ3n) is 3.55. The molecule has 0 aliphatic carbocycles. The molecule has 1 heterocycles. The maximum absolute atomic E-state index is 11.9. The van der Waals surface area contributed by atoms with Gasteiger partial charge >= 0.3 is 0 Å². The molecular weight excluding hydrogens is 304 g/mol. The Bertz CT molecular complexity index is 797. The molecule has 0 saturated carbocycles. The van der Waals surface area contributed by atoms with Gasteiger partial charge in [0.2, 0.25) is 5.91 Å². The Labute approximate surface area is 139 Å². The predicted molar refractivity (Wildman–Crippen MR) is 90.3 cm³/mol. The molecule has 0 unspecified atom stereocenters. The highest BCUT2D eigenvalue weighted by Crippen LogP contribution is 2.13. The van der Waals surface area contributed by atoms with Crippen LogP contribution in [0.4, 0.5) is 0 Å². The lowest BCUT2D eigenvalue weighted by Crippen LogP contribution is -2.27. The molecule has 0 bridgehead atoms. The number of aromatic hydroxyl groups is 1. The van der Waals surface area contributed by atoms with Crippen molar-refractivity contribution in [3.8, 4) is 17.1 Å². The first-order chi connectivity index (χ1) is 11.7. The number of nitrogens with one attached hydrogen (secondary N) is 2. The standard InChI is InChI=1S/C18H18N4O2/c23-15-8-6-13(7-9-15)12-17(24)19-11-10-16-20-18(22-21-16)14-4-2-1-3-5-14/h1-9,23H,10-12H2,(H,19,24)(H,20,21,22). The van der Waals surface area contributed by atoms with E-state index in [0.717, 1.165) is 17.0 Å². The zero-order valence-electron chi connectivity index (χ0n) is 13.1. The number of H-pyrrole nitrogens is 1. The van der Waals surface area contributed by atoms with Crippen molar-refractivity contribution in [1.82, 2.24) is 20.5 Å². The number of phenols is 1. The highest BCUT2D eigenvalue weighted by Gasteiger charge is 2.07. The number of carbonyl (C=O) groups excluding carboxylic acids is 1. The number of aromatic nitrogens is 3. The maximum Gasteiger partial charge on any atom is 0.224 e. The van der Waals surface area contributed by atoms with Crippen molar-refractivity contribution in [3.63, 3.8) is 0 Å². The van der Waals surface area contributed by atoms with E-state index < -0.39 is 0 Å². The summed E-state index contributed by atoms with van der Waals surface area (Å²) < 4.78 is 0. The second kappa shape index (κ2) is 7.41. The number of amides is 1. The summed E-state index contributed by atoms with van der Waals surface area (Å²) in [5.74, 6) is 1.52. The summed E-state index contributed by atoms with van der Waals surface area (Å²) in [5, 5.41) is 19.2. The number of rotatable bonds is 6. The molecule has 0 saturated heterocycles. The molecule has 6 heteroatoms. The Morgan fingerprint density at radius 3 is 2.58 bits per heavy atom. The normalized spacial score (nSPS) is 10.5. The average Bonchev–Trinajstić information content (AvgIpc) is 3.07. The van der Waals surface area contributed by atoms with Gasteiger partial charge < -0.3 is 10.4 Å². The summed E-state index contributed by atoms with van der Waals surface area (Å²) in [6, 6.07) is 16.3. The molecule has 0 spiro atoms. The first-order valence-electron chi connectivity index (χ1n) is 7.72. The lowest BCUT2D eigenvalue weighted by molar-refractivity contribution is -0.120. The van der Waals surface area contributed by atoms with Gasteiger partial charge in [-0.2, -0.15) is 5.10 Å². The van der Waals surface area contributed by atoms with E-state index in [1.165, 1.54) is 0 Å². The first-order valence-corrected chi connectivity index (χ1v) is 7.72. The van der Waals surface area contributed by atoms with E-state index in [0.29, 0.717) is 18.8 Å². The van der Waals surface area contributed by atoms with Crippen molar-refractivity contribution in [2.45, 2.75) is 12.8 Å². The Kier molecular flexibility index (Phi) is 4.86. The summed E-state index contributed by atoms with van der Waals surface area (Å²) in [6.07, 6.45) is 0.868. The van der Waals surface area contributed by atoms with Gasteiger partial charge in [0.05, 0.1) is 6.42 Å². The highest BCUT2D eigenvalue weighted by molar-refractivity contribution is 5.78. The van der Waals surface area contributed by atoms with Crippen LogP contribution in [0.5, 0.6) is 5.75 Å². The number of hydrogen-bond acceptors (Lipinski definition) is 4. The molecule has 3 N–H and O–H groups in total. The number of aromatic amines is 1. The van der Waals surface area contributed by atoms with Gasteiger partial charge in [-0.3, -0.25) is 9.89 Å². The lowest BCUT2D eigenvalue weighted by atomic mass is 10.1. The second-order valence-electron chi connectivity index (χ2n) is 5.41. The van der Waals surface area contributed by atoms with Crippen LogP contribution in [0.15, 0.2) is 54.6 Å². The Balaban J connectivity index is 1.47. The molecular formula is C18H18N4O2. The fourth-order valence-electron chi connectivity index (χ4n) is 2.31. The largest absolute Gasteiger partial charge is 0.508 e. The summed E-state index contributed by atoms with van der Waals surface area (Å²) in [6.45, 7) is 0.486. The minimum atomic E-state index is -0.0662. The van der Waals surface area contributed by atoms with Gasteiger partial charge in [-0.15, -0.1) is 0 Å². The molecule has 0 aliphatic rings. The molecule has 6 nitrogen and oxygen atoms in total.